The summed E-state index contributed by atoms with van der Waals surface area (Å²) in [5, 5.41) is 7.96. The molecule has 0 aliphatic carbocycles. The molecule has 1 aromatic rings. The lowest BCUT2D eigenvalue weighted by molar-refractivity contribution is 0.333. The highest BCUT2D eigenvalue weighted by Crippen LogP contribution is 2.32. The van der Waals surface area contributed by atoms with Crippen molar-refractivity contribution in [2.75, 3.05) is 18.9 Å². The third kappa shape index (κ3) is 6.22. The van der Waals surface area contributed by atoms with Gasteiger partial charge in [0.15, 0.2) is 0 Å². The van der Waals surface area contributed by atoms with Crippen molar-refractivity contribution in [1.29, 1.82) is 0 Å². The maximum absolute atomic E-state index is 10.8. The Morgan fingerprint density at radius 1 is 1.37 bits per heavy atom. The number of benzene rings is 1. The summed E-state index contributed by atoms with van der Waals surface area (Å²) in [6.07, 6.45) is 0. The van der Waals surface area contributed by atoms with Crippen LogP contribution in [0.2, 0.25) is 0 Å². The molecule has 0 aliphatic rings. The van der Waals surface area contributed by atoms with Gasteiger partial charge in [-0.15, -0.1) is 0 Å². The van der Waals surface area contributed by atoms with Gasteiger partial charge < -0.3 is 10.1 Å². The van der Waals surface area contributed by atoms with Crippen LogP contribution in [-0.4, -0.2) is 27.3 Å². The van der Waals surface area contributed by atoms with E-state index in [1.54, 1.807) is 0 Å². The van der Waals surface area contributed by atoms with Gasteiger partial charge in [0.05, 0.1) is 16.8 Å². The zero-order valence-corrected chi connectivity index (χ0v) is 14.4. The minimum absolute atomic E-state index is 0.0911. The zero-order chi connectivity index (χ0) is 14.5. The van der Waals surface area contributed by atoms with E-state index in [0.29, 0.717) is 19.7 Å². The van der Waals surface area contributed by atoms with Crippen LogP contribution in [-0.2, 0) is 16.6 Å². The van der Waals surface area contributed by atoms with Gasteiger partial charge in [-0.2, -0.15) is 0 Å². The van der Waals surface area contributed by atoms with Crippen LogP contribution in [0.5, 0.6) is 5.75 Å². The summed E-state index contributed by atoms with van der Waals surface area (Å²) < 4.78 is 29.0. The molecule has 0 atom stereocenters. The third-order valence-electron chi connectivity index (χ3n) is 2.25. The van der Waals surface area contributed by atoms with Crippen LogP contribution < -0.4 is 15.2 Å². The summed E-state index contributed by atoms with van der Waals surface area (Å²) in [5.41, 5.74) is 0.942. The summed E-state index contributed by atoms with van der Waals surface area (Å²) in [6.45, 7) is 3.27. The standard InChI is InChI=1S/C11H16Br2N2O3S/c1-2-18-11-8(5-9(12)6-10(11)13)7-15-3-4-19(14,16)17/h5-6,15H,2-4,7H2,1H3,(H2,14,16,17). The second-order valence-electron chi connectivity index (χ2n) is 3.85. The monoisotopic (exact) mass is 414 g/mol. The second kappa shape index (κ2) is 7.58. The van der Waals surface area contributed by atoms with Crippen LogP contribution in [0.3, 0.4) is 0 Å². The molecule has 0 aromatic heterocycles. The Bertz CT molecular complexity index is 535. The van der Waals surface area contributed by atoms with E-state index in [1.165, 1.54) is 0 Å². The molecule has 19 heavy (non-hydrogen) atoms. The van der Waals surface area contributed by atoms with Crippen LogP contribution in [0, 0.1) is 0 Å². The summed E-state index contributed by atoms with van der Waals surface area (Å²) >= 11 is 6.85. The Hall–Kier alpha value is -0.150. The zero-order valence-electron chi connectivity index (χ0n) is 10.4. The molecule has 108 valence electrons. The molecule has 0 bridgehead atoms. The number of hydrogen-bond acceptors (Lipinski definition) is 4. The van der Waals surface area contributed by atoms with Crippen molar-refractivity contribution in [1.82, 2.24) is 5.32 Å². The van der Waals surface area contributed by atoms with Gasteiger partial charge in [0.2, 0.25) is 10.0 Å². The summed E-state index contributed by atoms with van der Waals surface area (Å²) in [7, 11) is -3.43. The largest absolute Gasteiger partial charge is 0.492 e. The Balaban J connectivity index is 2.71. The van der Waals surface area contributed by atoms with Crippen molar-refractivity contribution in [3.63, 3.8) is 0 Å². The quantitative estimate of drug-likeness (QED) is 0.667. The fraction of sp³-hybridized carbons (Fsp3) is 0.455. The molecule has 5 nitrogen and oxygen atoms in total. The number of primary sulfonamides is 1. The number of nitrogens with two attached hydrogens (primary N) is 1. The Morgan fingerprint density at radius 2 is 2.05 bits per heavy atom. The fourth-order valence-corrected chi connectivity index (χ4v) is 3.35. The predicted molar refractivity (Wildman–Crippen MR) is 82.7 cm³/mol. The van der Waals surface area contributed by atoms with Crippen LogP contribution in [0.25, 0.3) is 0 Å². The van der Waals surface area contributed by atoms with Crippen molar-refractivity contribution >= 4 is 41.9 Å². The SMILES string of the molecule is CCOc1c(Br)cc(Br)cc1CNCCS(N)(=O)=O. The molecule has 3 N–H and O–H groups in total. The minimum Gasteiger partial charge on any atom is -0.492 e. The number of hydrogen-bond donors (Lipinski definition) is 2. The van der Waals surface area contributed by atoms with E-state index in [9.17, 15) is 8.42 Å². The van der Waals surface area contributed by atoms with Gasteiger partial charge in [0.25, 0.3) is 0 Å². The summed E-state index contributed by atoms with van der Waals surface area (Å²) in [6, 6.07) is 3.83. The molecule has 0 radical (unpaired) electrons. The number of halogens is 2. The van der Waals surface area contributed by atoms with E-state index in [-0.39, 0.29) is 5.75 Å². The molecular formula is C11H16Br2N2O3S. The number of nitrogens with one attached hydrogen (secondary N) is 1. The molecule has 0 unspecified atom stereocenters. The van der Waals surface area contributed by atoms with Crippen molar-refractivity contribution < 1.29 is 13.2 Å². The van der Waals surface area contributed by atoms with Gasteiger partial charge in [-0.25, -0.2) is 13.6 Å². The van der Waals surface area contributed by atoms with Gasteiger partial charge >= 0.3 is 0 Å². The van der Waals surface area contributed by atoms with Crippen LogP contribution in [0.1, 0.15) is 12.5 Å². The van der Waals surface area contributed by atoms with Gasteiger partial charge in [0, 0.05) is 23.1 Å². The molecule has 0 fully saturated rings. The predicted octanol–water partition coefficient (Wildman–Crippen LogP) is 1.99. The maximum Gasteiger partial charge on any atom is 0.210 e. The lowest BCUT2D eigenvalue weighted by Crippen LogP contribution is -2.27. The van der Waals surface area contributed by atoms with Crippen molar-refractivity contribution in [3.05, 3.63) is 26.6 Å². The van der Waals surface area contributed by atoms with E-state index in [0.717, 1.165) is 20.3 Å². The maximum atomic E-state index is 10.8. The molecule has 0 heterocycles. The Labute approximate surface area is 130 Å². The third-order valence-corrected chi connectivity index (χ3v) is 4.07. The van der Waals surface area contributed by atoms with E-state index in [1.807, 2.05) is 19.1 Å². The minimum atomic E-state index is -3.43. The molecule has 0 saturated carbocycles. The van der Waals surface area contributed by atoms with Gasteiger partial charge in [0.1, 0.15) is 5.75 Å². The fourth-order valence-electron chi connectivity index (χ4n) is 1.49. The van der Waals surface area contributed by atoms with Crippen molar-refractivity contribution in [2.45, 2.75) is 13.5 Å². The van der Waals surface area contributed by atoms with Crippen LogP contribution in [0.4, 0.5) is 0 Å². The highest BCUT2D eigenvalue weighted by atomic mass is 79.9. The van der Waals surface area contributed by atoms with E-state index in [2.05, 4.69) is 37.2 Å². The molecular weight excluding hydrogens is 400 g/mol. The molecule has 0 aliphatic heterocycles. The molecule has 1 rings (SSSR count). The van der Waals surface area contributed by atoms with E-state index in [4.69, 9.17) is 9.88 Å². The van der Waals surface area contributed by atoms with E-state index < -0.39 is 10.0 Å². The number of rotatable bonds is 7. The average molecular weight is 416 g/mol. The van der Waals surface area contributed by atoms with E-state index >= 15 is 0 Å². The first-order chi connectivity index (χ1) is 8.83. The molecule has 0 saturated heterocycles. The molecule has 0 amide bonds. The van der Waals surface area contributed by atoms with Crippen LogP contribution in [0.15, 0.2) is 21.1 Å². The lowest BCUT2D eigenvalue weighted by atomic mass is 10.2. The first kappa shape index (κ1) is 16.9. The molecule has 8 heteroatoms. The molecule has 0 spiro atoms. The number of ether oxygens (including phenoxy) is 1. The van der Waals surface area contributed by atoms with Crippen molar-refractivity contribution in [3.8, 4) is 5.75 Å². The first-order valence-electron chi connectivity index (χ1n) is 5.65. The average Bonchev–Trinajstić information content (AvgIpc) is 2.27. The van der Waals surface area contributed by atoms with Crippen molar-refractivity contribution in [2.24, 2.45) is 5.14 Å². The highest BCUT2D eigenvalue weighted by Gasteiger charge is 2.10. The summed E-state index contributed by atoms with van der Waals surface area (Å²) in [4.78, 5) is 0. The molecule has 1 aromatic carbocycles. The van der Waals surface area contributed by atoms with Crippen LogP contribution >= 0.6 is 31.9 Å². The summed E-state index contributed by atoms with van der Waals surface area (Å²) in [5.74, 6) is 0.667. The second-order valence-corrected chi connectivity index (χ2v) is 7.36. The normalized spacial score (nSPS) is 11.6. The Kier molecular flexibility index (Phi) is 6.75. The number of sulfonamides is 1. The topological polar surface area (TPSA) is 81.4 Å². The van der Waals surface area contributed by atoms with Gasteiger partial charge in [-0.1, -0.05) is 15.9 Å². The Morgan fingerprint density at radius 3 is 2.63 bits per heavy atom. The van der Waals surface area contributed by atoms with Gasteiger partial charge in [-0.05, 0) is 35.0 Å². The van der Waals surface area contributed by atoms with Gasteiger partial charge in [-0.3, -0.25) is 0 Å². The first-order valence-corrected chi connectivity index (χ1v) is 8.95. The lowest BCUT2D eigenvalue weighted by Gasteiger charge is -2.13. The highest BCUT2D eigenvalue weighted by molar-refractivity contribution is 9.11. The smallest absolute Gasteiger partial charge is 0.210 e.